The summed E-state index contributed by atoms with van der Waals surface area (Å²) in [6.07, 6.45) is 0.916. The number of hydrogen-bond donors (Lipinski definition) is 2. The fraction of sp³-hybridized carbons (Fsp3) is 0.500. The van der Waals surface area contributed by atoms with Crippen LogP contribution in [-0.4, -0.2) is 35.1 Å². The lowest BCUT2D eigenvalue weighted by Gasteiger charge is -2.23. The van der Waals surface area contributed by atoms with Gasteiger partial charge in [-0.2, -0.15) is 0 Å². The molecule has 1 atom stereocenters. The summed E-state index contributed by atoms with van der Waals surface area (Å²) in [7, 11) is 0. The minimum atomic E-state index is -0.891. The number of amides is 2. The van der Waals surface area contributed by atoms with E-state index in [0.29, 0.717) is 13.1 Å². The Balaban J connectivity index is 2.60. The quantitative estimate of drug-likeness (QED) is 0.811. The molecule has 0 heterocycles. The average Bonchev–Trinajstić information content (AvgIpc) is 2.49. The van der Waals surface area contributed by atoms with Crippen molar-refractivity contribution in [3.63, 3.8) is 0 Å². The van der Waals surface area contributed by atoms with Crippen molar-refractivity contribution in [3.8, 4) is 0 Å². The molecule has 0 fully saturated rings. The lowest BCUT2D eigenvalue weighted by molar-refractivity contribution is -0.141. The van der Waals surface area contributed by atoms with E-state index < -0.39 is 11.9 Å². The molecule has 5 heteroatoms. The van der Waals surface area contributed by atoms with E-state index >= 15 is 0 Å². The van der Waals surface area contributed by atoms with Crippen LogP contribution in [0.3, 0.4) is 0 Å². The third kappa shape index (κ3) is 5.10. The molecule has 0 aromatic heterocycles. The normalized spacial score (nSPS) is 11.8. The van der Waals surface area contributed by atoms with Gasteiger partial charge in [0, 0.05) is 19.6 Å². The Morgan fingerprint density at radius 2 is 1.86 bits per heavy atom. The van der Waals surface area contributed by atoms with Crippen LogP contribution in [0, 0.1) is 5.92 Å². The first-order valence-electron chi connectivity index (χ1n) is 7.31. The second-order valence-corrected chi connectivity index (χ2v) is 5.06. The molecule has 0 aliphatic heterocycles. The molecule has 1 aromatic carbocycles. The predicted octanol–water partition coefficient (Wildman–Crippen LogP) is 2.50. The van der Waals surface area contributed by atoms with E-state index in [0.717, 1.165) is 12.0 Å². The van der Waals surface area contributed by atoms with Crippen LogP contribution < -0.4 is 5.32 Å². The predicted molar refractivity (Wildman–Crippen MR) is 82.1 cm³/mol. The van der Waals surface area contributed by atoms with Crippen molar-refractivity contribution in [1.82, 2.24) is 10.2 Å². The van der Waals surface area contributed by atoms with Crippen molar-refractivity contribution in [2.45, 2.75) is 33.7 Å². The molecule has 1 aromatic rings. The number of rotatable bonds is 7. The van der Waals surface area contributed by atoms with Gasteiger partial charge in [0.25, 0.3) is 0 Å². The first-order valence-corrected chi connectivity index (χ1v) is 7.31. The summed E-state index contributed by atoms with van der Waals surface area (Å²) in [6.45, 7) is 6.68. The summed E-state index contributed by atoms with van der Waals surface area (Å²) in [5.41, 5.74) is 2.30. The molecule has 0 bridgehead atoms. The third-order valence-corrected chi connectivity index (χ3v) is 3.51. The molecular formula is C16H24N2O3. The van der Waals surface area contributed by atoms with Gasteiger partial charge < -0.3 is 15.3 Å². The Kier molecular flexibility index (Phi) is 6.72. The molecule has 1 rings (SSSR count). The van der Waals surface area contributed by atoms with Gasteiger partial charge >= 0.3 is 12.0 Å². The minimum absolute atomic E-state index is 0.215. The Hall–Kier alpha value is -2.04. The van der Waals surface area contributed by atoms with E-state index in [1.807, 2.05) is 31.2 Å². The molecule has 1 unspecified atom stereocenters. The van der Waals surface area contributed by atoms with E-state index in [-0.39, 0.29) is 12.6 Å². The van der Waals surface area contributed by atoms with E-state index in [2.05, 4.69) is 12.2 Å². The summed E-state index contributed by atoms with van der Waals surface area (Å²) in [5, 5.41) is 11.8. The summed E-state index contributed by atoms with van der Waals surface area (Å²) < 4.78 is 0. The number of carboxylic acid groups (broad SMARTS) is 1. The molecule has 2 N–H and O–H groups in total. The maximum Gasteiger partial charge on any atom is 0.317 e. The van der Waals surface area contributed by atoms with Gasteiger partial charge in [0.05, 0.1) is 5.92 Å². The minimum Gasteiger partial charge on any atom is -0.481 e. The number of carbonyl (C=O) groups is 2. The second-order valence-electron chi connectivity index (χ2n) is 5.06. The zero-order valence-electron chi connectivity index (χ0n) is 12.9. The van der Waals surface area contributed by atoms with Gasteiger partial charge in [-0.05, 0) is 24.5 Å². The highest BCUT2D eigenvalue weighted by Crippen LogP contribution is 2.09. The van der Waals surface area contributed by atoms with Crippen molar-refractivity contribution in [2.24, 2.45) is 5.92 Å². The van der Waals surface area contributed by atoms with Crippen LogP contribution in [0.5, 0.6) is 0 Å². The molecule has 0 spiro atoms. The average molecular weight is 292 g/mol. The van der Waals surface area contributed by atoms with Gasteiger partial charge in [-0.1, -0.05) is 38.1 Å². The number of nitrogens with one attached hydrogen (secondary N) is 1. The maximum absolute atomic E-state index is 12.1. The number of benzene rings is 1. The zero-order valence-corrected chi connectivity index (χ0v) is 12.9. The van der Waals surface area contributed by atoms with Crippen molar-refractivity contribution >= 4 is 12.0 Å². The van der Waals surface area contributed by atoms with Crippen molar-refractivity contribution < 1.29 is 14.7 Å². The topological polar surface area (TPSA) is 69.6 Å². The van der Waals surface area contributed by atoms with Crippen LogP contribution >= 0.6 is 0 Å². The zero-order chi connectivity index (χ0) is 15.8. The van der Waals surface area contributed by atoms with Crippen LogP contribution in [0.15, 0.2) is 24.3 Å². The van der Waals surface area contributed by atoms with Crippen LogP contribution in [0.2, 0.25) is 0 Å². The lowest BCUT2D eigenvalue weighted by atomic mass is 10.1. The van der Waals surface area contributed by atoms with Crippen molar-refractivity contribution in [1.29, 1.82) is 0 Å². The van der Waals surface area contributed by atoms with E-state index in [9.17, 15) is 9.59 Å². The van der Waals surface area contributed by atoms with Crippen LogP contribution in [0.25, 0.3) is 0 Å². The summed E-state index contributed by atoms with van der Waals surface area (Å²) in [6, 6.07) is 7.75. The molecule has 116 valence electrons. The van der Waals surface area contributed by atoms with Crippen LogP contribution in [-0.2, 0) is 17.8 Å². The van der Waals surface area contributed by atoms with Crippen LogP contribution in [0.4, 0.5) is 4.79 Å². The molecule has 0 radical (unpaired) electrons. The highest BCUT2D eigenvalue weighted by Gasteiger charge is 2.19. The summed E-state index contributed by atoms with van der Waals surface area (Å²) >= 11 is 0. The highest BCUT2D eigenvalue weighted by molar-refractivity contribution is 5.76. The molecule has 5 nitrogen and oxygen atoms in total. The standard InChI is InChI=1S/C16H24N2O3/c1-4-13-8-6-7-9-14(13)10-17-16(21)18(5-2)11-12(3)15(19)20/h6-9,12H,4-5,10-11H2,1-3H3,(H,17,21)(H,19,20). The molecule has 0 aliphatic carbocycles. The van der Waals surface area contributed by atoms with Gasteiger partial charge in [0.1, 0.15) is 0 Å². The fourth-order valence-corrected chi connectivity index (χ4v) is 2.12. The monoisotopic (exact) mass is 292 g/mol. The van der Waals surface area contributed by atoms with Gasteiger partial charge in [-0.3, -0.25) is 4.79 Å². The molecule has 2 amide bonds. The van der Waals surface area contributed by atoms with Crippen molar-refractivity contribution in [3.05, 3.63) is 35.4 Å². The number of aryl methyl sites for hydroxylation is 1. The van der Waals surface area contributed by atoms with E-state index in [1.165, 1.54) is 10.5 Å². The number of carbonyl (C=O) groups excluding carboxylic acids is 1. The Morgan fingerprint density at radius 1 is 1.24 bits per heavy atom. The lowest BCUT2D eigenvalue weighted by Crippen LogP contribution is -2.43. The Bertz CT molecular complexity index is 488. The second kappa shape index (κ2) is 8.29. The first-order chi connectivity index (χ1) is 9.99. The Labute approximate surface area is 126 Å². The first kappa shape index (κ1) is 17.0. The van der Waals surface area contributed by atoms with Crippen LogP contribution in [0.1, 0.15) is 31.9 Å². The van der Waals surface area contributed by atoms with E-state index in [1.54, 1.807) is 6.92 Å². The van der Waals surface area contributed by atoms with E-state index in [4.69, 9.17) is 5.11 Å². The molecule has 0 aliphatic rings. The van der Waals surface area contributed by atoms with Crippen molar-refractivity contribution in [2.75, 3.05) is 13.1 Å². The molecule has 0 saturated heterocycles. The molecule has 21 heavy (non-hydrogen) atoms. The number of hydrogen-bond acceptors (Lipinski definition) is 2. The number of nitrogens with zero attached hydrogens (tertiary/aromatic N) is 1. The van der Waals surface area contributed by atoms with Gasteiger partial charge in [-0.25, -0.2) is 4.79 Å². The number of aliphatic carboxylic acids is 1. The fourth-order valence-electron chi connectivity index (χ4n) is 2.12. The maximum atomic E-state index is 12.1. The van der Waals surface area contributed by atoms with Gasteiger partial charge in [0.15, 0.2) is 0 Å². The Morgan fingerprint density at radius 3 is 2.38 bits per heavy atom. The molecular weight excluding hydrogens is 268 g/mol. The highest BCUT2D eigenvalue weighted by atomic mass is 16.4. The SMILES string of the molecule is CCc1ccccc1CNC(=O)N(CC)CC(C)C(=O)O. The third-order valence-electron chi connectivity index (χ3n) is 3.51. The van der Waals surface area contributed by atoms with Gasteiger partial charge in [-0.15, -0.1) is 0 Å². The number of carboxylic acids is 1. The number of urea groups is 1. The molecule has 0 saturated carbocycles. The smallest absolute Gasteiger partial charge is 0.317 e. The summed E-state index contributed by atoms with van der Waals surface area (Å²) in [4.78, 5) is 24.5. The largest absolute Gasteiger partial charge is 0.481 e. The summed E-state index contributed by atoms with van der Waals surface area (Å²) in [5.74, 6) is -1.46. The van der Waals surface area contributed by atoms with Gasteiger partial charge in [0.2, 0.25) is 0 Å².